The number of methoxy groups -OCH3 is 1. The smallest absolute Gasteiger partial charge is 0.338 e. The minimum Gasteiger partial charge on any atom is -0.478 e. The van der Waals surface area contributed by atoms with E-state index in [0.717, 1.165) is 12.1 Å². The van der Waals surface area contributed by atoms with Gasteiger partial charge in [0.25, 0.3) is 0 Å². The number of carbonyl (C=O) groups is 1. The van der Waals surface area contributed by atoms with Crippen molar-refractivity contribution in [1.82, 2.24) is 4.31 Å². The van der Waals surface area contributed by atoms with Gasteiger partial charge in [-0.3, -0.25) is 0 Å². The number of ether oxygens (including phenoxy) is 1. The molecule has 0 amide bonds. The summed E-state index contributed by atoms with van der Waals surface area (Å²) in [6, 6.07) is 2.01. The normalized spacial score (nSPS) is 19.9. The topological polar surface area (TPSA) is 83.9 Å². The van der Waals surface area contributed by atoms with Crippen molar-refractivity contribution in [1.29, 1.82) is 0 Å². The molecule has 0 aromatic heterocycles. The third-order valence-corrected chi connectivity index (χ3v) is 5.38. The summed E-state index contributed by atoms with van der Waals surface area (Å²) in [6.07, 6.45) is 0.391. The maximum Gasteiger partial charge on any atom is 0.338 e. The van der Waals surface area contributed by atoms with Crippen LogP contribution in [0.25, 0.3) is 0 Å². The molecule has 1 heterocycles. The molecule has 1 aromatic carbocycles. The number of halogens is 1. The Hall–Kier alpha value is -1.51. The molecule has 1 unspecified atom stereocenters. The summed E-state index contributed by atoms with van der Waals surface area (Å²) in [4.78, 5) is 10.8. The molecule has 0 aliphatic carbocycles. The highest BCUT2D eigenvalue weighted by atomic mass is 32.2. The molecule has 2 rings (SSSR count). The number of carboxylic acid groups (broad SMARTS) is 1. The predicted octanol–water partition coefficient (Wildman–Crippen LogP) is 1.24. The Balaban J connectivity index is 2.44. The summed E-state index contributed by atoms with van der Waals surface area (Å²) < 4.78 is 45.0. The zero-order chi connectivity index (χ0) is 15.8. The molecule has 1 fully saturated rings. The van der Waals surface area contributed by atoms with E-state index in [1.165, 1.54) is 18.3 Å². The Labute approximate surface area is 122 Å². The van der Waals surface area contributed by atoms with Gasteiger partial charge in [0.1, 0.15) is 5.82 Å². The number of aromatic carboxylic acids is 1. The monoisotopic (exact) mass is 317 g/mol. The second kappa shape index (κ2) is 5.70. The number of sulfonamides is 1. The van der Waals surface area contributed by atoms with Gasteiger partial charge < -0.3 is 9.84 Å². The first-order valence-corrected chi connectivity index (χ1v) is 7.77. The first kappa shape index (κ1) is 15.9. The quantitative estimate of drug-likeness (QED) is 0.903. The highest BCUT2D eigenvalue weighted by Gasteiger charge is 2.33. The van der Waals surface area contributed by atoms with Crippen LogP contribution in [0.2, 0.25) is 0 Å². The van der Waals surface area contributed by atoms with Crippen LogP contribution in [0.4, 0.5) is 4.39 Å². The zero-order valence-electron chi connectivity index (χ0n) is 11.7. The largest absolute Gasteiger partial charge is 0.478 e. The van der Waals surface area contributed by atoms with Crippen LogP contribution in [-0.4, -0.2) is 50.1 Å². The van der Waals surface area contributed by atoms with Gasteiger partial charge in [-0.2, -0.15) is 4.31 Å². The number of carboxylic acids is 1. The van der Waals surface area contributed by atoms with Crippen LogP contribution in [0.1, 0.15) is 22.3 Å². The van der Waals surface area contributed by atoms with Crippen molar-refractivity contribution >= 4 is 16.0 Å². The summed E-state index contributed by atoms with van der Waals surface area (Å²) in [5.41, 5.74) is -0.660. The van der Waals surface area contributed by atoms with Crippen LogP contribution in [0.5, 0.6) is 0 Å². The molecule has 1 aliphatic rings. The molecular weight excluding hydrogens is 301 g/mol. The van der Waals surface area contributed by atoms with Crippen molar-refractivity contribution < 1.29 is 27.4 Å². The maximum absolute atomic E-state index is 13.7. The average Bonchev–Trinajstić information content (AvgIpc) is 2.90. The number of rotatable bonds is 4. The number of hydrogen-bond donors (Lipinski definition) is 1. The molecule has 1 saturated heterocycles. The number of aryl methyl sites for hydroxylation is 1. The minimum atomic E-state index is -3.85. The molecular formula is C13H16FNO5S. The van der Waals surface area contributed by atoms with E-state index in [9.17, 15) is 17.6 Å². The van der Waals surface area contributed by atoms with Crippen LogP contribution in [0, 0.1) is 12.7 Å². The lowest BCUT2D eigenvalue weighted by molar-refractivity contribution is 0.0691. The molecule has 0 spiro atoms. The van der Waals surface area contributed by atoms with Crippen molar-refractivity contribution in [2.75, 3.05) is 20.2 Å². The first-order chi connectivity index (χ1) is 9.77. The molecule has 0 bridgehead atoms. The van der Waals surface area contributed by atoms with Gasteiger partial charge in [0.05, 0.1) is 16.6 Å². The second-order valence-corrected chi connectivity index (χ2v) is 6.85. The number of hydrogen-bond acceptors (Lipinski definition) is 4. The van der Waals surface area contributed by atoms with E-state index in [0.29, 0.717) is 13.0 Å². The minimum absolute atomic E-state index is 0.0176. The molecule has 0 radical (unpaired) electrons. The third kappa shape index (κ3) is 2.92. The standard InChI is InChI=1S/C13H16FNO5S/c1-8-5-10(6-11(12(8)14)13(16)17)21(18,19)15-4-3-9(7-15)20-2/h5-6,9H,3-4,7H2,1-2H3,(H,16,17). The van der Waals surface area contributed by atoms with Crippen molar-refractivity contribution in [2.24, 2.45) is 0 Å². The molecule has 6 nitrogen and oxygen atoms in total. The van der Waals surface area contributed by atoms with Gasteiger partial charge in [-0.05, 0) is 31.0 Å². The van der Waals surface area contributed by atoms with Crippen LogP contribution in [0.3, 0.4) is 0 Å². The van der Waals surface area contributed by atoms with E-state index in [4.69, 9.17) is 9.84 Å². The summed E-state index contributed by atoms with van der Waals surface area (Å²) in [7, 11) is -2.35. The van der Waals surface area contributed by atoms with Crippen LogP contribution < -0.4 is 0 Å². The Morgan fingerprint density at radius 2 is 2.14 bits per heavy atom. The van der Waals surface area contributed by atoms with Gasteiger partial charge in [-0.1, -0.05) is 0 Å². The second-order valence-electron chi connectivity index (χ2n) is 4.92. The van der Waals surface area contributed by atoms with Gasteiger partial charge in [0, 0.05) is 20.2 Å². The highest BCUT2D eigenvalue weighted by Crippen LogP contribution is 2.25. The van der Waals surface area contributed by atoms with Gasteiger partial charge in [0.2, 0.25) is 10.0 Å². The van der Waals surface area contributed by atoms with E-state index in [1.54, 1.807) is 0 Å². The van der Waals surface area contributed by atoms with Gasteiger partial charge >= 0.3 is 5.97 Å². The summed E-state index contributed by atoms with van der Waals surface area (Å²) >= 11 is 0. The fourth-order valence-corrected chi connectivity index (χ4v) is 3.90. The third-order valence-electron chi connectivity index (χ3n) is 3.54. The number of nitrogens with zero attached hydrogens (tertiary/aromatic N) is 1. The van der Waals surface area contributed by atoms with Crippen molar-refractivity contribution in [3.8, 4) is 0 Å². The highest BCUT2D eigenvalue weighted by molar-refractivity contribution is 7.89. The molecule has 1 aliphatic heterocycles. The summed E-state index contributed by atoms with van der Waals surface area (Å²) in [6.45, 7) is 1.83. The lowest BCUT2D eigenvalue weighted by Gasteiger charge is -2.17. The van der Waals surface area contributed by atoms with Crippen molar-refractivity contribution in [3.63, 3.8) is 0 Å². The van der Waals surface area contributed by atoms with E-state index in [2.05, 4.69) is 0 Å². The number of benzene rings is 1. The maximum atomic E-state index is 13.7. The summed E-state index contributed by atoms with van der Waals surface area (Å²) in [5.74, 6) is -2.42. The Kier molecular flexibility index (Phi) is 4.31. The zero-order valence-corrected chi connectivity index (χ0v) is 12.5. The van der Waals surface area contributed by atoms with Gasteiger partial charge in [-0.15, -0.1) is 0 Å². The van der Waals surface area contributed by atoms with Crippen LogP contribution >= 0.6 is 0 Å². The van der Waals surface area contributed by atoms with E-state index in [1.807, 2.05) is 0 Å². The fraction of sp³-hybridized carbons (Fsp3) is 0.462. The van der Waals surface area contributed by atoms with Crippen LogP contribution in [0.15, 0.2) is 17.0 Å². The molecule has 1 atom stereocenters. The average molecular weight is 317 g/mol. The molecule has 116 valence electrons. The van der Waals surface area contributed by atoms with Crippen LogP contribution in [-0.2, 0) is 14.8 Å². The van der Waals surface area contributed by atoms with Crippen molar-refractivity contribution in [3.05, 3.63) is 29.1 Å². The Morgan fingerprint density at radius 3 is 2.67 bits per heavy atom. The lowest BCUT2D eigenvalue weighted by Crippen LogP contribution is -2.30. The summed E-state index contributed by atoms with van der Waals surface area (Å²) in [5, 5.41) is 8.96. The molecule has 21 heavy (non-hydrogen) atoms. The van der Waals surface area contributed by atoms with E-state index >= 15 is 0 Å². The van der Waals surface area contributed by atoms with Crippen molar-refractivity contribution in [2.45, 2.75) is 24.3 Å². The van der Waals surface area contributed by atoms with Gasteiger partial charge in [-0.25, -0.2) is 17.6 Å². The molecule has 0 saturated carbocycles. The van der Waals surface area contributed by atoms with Gasteiger partial charge in [0.15, 0.2) is 0 Å². The predicted molar refractivity (Wildman–Crippen MR) is 72.3 cm³/mol. The first-order valence-electron chi connectivity index (χ1n) is 6.33. The Morgan fingerprint density at radius 1 is 1.48 bits per heavy atom. The van der Waals surface area contributed by atoms with E-state index in [-0.39, 0.29) is 23.1 Å². The lowest BCUT2D eigenvalue weighted by atomic mass is 10.1. The molecule has 1 N–H and O–H groups in total. The SMILES string of the molecule is COC1CCN(S(=O)(=O)c2cc(C)c(F)c(C(=O)O)c2)C1. The van der Waals surface area contributed by atoms with E-state index < -0.39 is 27.4 Å². The molecule has 8 heteroatoms. The Bertz CT molecular complexity index is 673. The molecule has 1 aromatic rings. The fourth-order valence-electron chi connectivity index (χ4n) is 2.30.